The number of ether oxygens (including phenoxy) is 4. The van der Waals surface area contributed by atoms with E-state index >= 15 is 0 Å². The Morgan fingerprint density at radius 1 is 0.735 bits per heavy atom. The molecular formula is C24H28N2O8. The van der Waals surface area contributed by atoms with E-state index in [1.54, 1.807) is 52.0 Å². The van der Waals surface area contributed by atoms with Crippen LogP contribution in [0, 0.1) is 0 Å². The summed E-state index contributed by atoms with van der Waals surface area (Å²) in [6.45, 7) is 6.08. The van der Waals surface area contributed by atoms with Crippen molar-refractivity contribution < 1.29 is 38.7 Å². The lowest BCUT2D eigenvalue weighted by atomic mass is 9.91. The molecule has 10 heteroatoms. The van der Waals surface area contributed by atoms with Crippen molar-refractivity contribution in [3.8, 4) is 34.1 Å². The molecule has 2 aromatic rings. The molecule has 2 heterocycles. The first-order valence-electron chi connectivity index (χ1n) is 10.8. The average Bonchev–Trinajstić information content (AvgIpc) is 3.46. The van der Waals surface area contributed by atoms with Crippen molar-refractivity contribution in [2.45, 2.75) is 38.8 Å². The van der Waals surface area contributed by atoms with Gasteiger partial charge in [-0.25, -0.2) is 0 Å². The van der Waals surface area contributed by atoms with Gasteiger partial charge in [-0.3, -0.25) is 9.59 Å². The van der Waals surface area contributed by atoms with E-state index in [1.807, 2.05) is 0 Å². The van der Waals surface area contributed by atoms with Gasteiger partial charge >= 0.3 is 0 Å². The van der Waals surface area contributed by atoms with Gasteiger partial charge in [0.15, 0.2) is 23.0 Å². The minimum absolute atomic E-state index is 0.0546. The molecule has 34 heavy (non-hydrogen) atoms. The minimum Gasteiger partial charge on any atom is -0.454 e. The molecule has 0 bridgehead atoms. The van der Waals surface area contributed by atoms with Gasteiger partial charge in [-0.1, -0.05) is 0 Å². The van der Waals surface area contributed by atoms with Crippen molar-refractivity contribution in [1.29, 1.82) is 0 Å². The summed E-state index contributed by atoms with van der Waals surface area (Å²) in [6.07, 6.45) is 0. The summed E-state index contributed by atoms with van der Waals surface area (Å²) < 4.78 is 22.5. The van der Waals surface area contributed by atoms with Crippen LogP contribution in [0.25, 0.3) is 11.1 Å². The van der Waals surface area contributed by atoms with Gasteiger partial charge < -0.3 is 39.8 Å². The van der Waals surface area contributed by atoms with Gasteiger partial charge in [-0.15, -0.1) is 0 Å². The topological polar surface area (TPSA) is 136 Å². The van der Waals surface area contributed by atoms with E-state index in [1.165, 1.54) is 0 Å². The largest absolute Gasteiger partial charge is 0.454 e. The Kier molecular flexibility index (Phi) is 6.05. The van der Waals surface area contributed by atoms with E-state index in [0.29, 0.717) is 22.6 Å². The summed E-state index contributed by atoms with van der Waals surface area (Å²) in [5.41, 5.74) is -0.788. The first-order valence-corrected chi connectivity index (χ1v) is 10.8. The number of rotatable bonds is 7. The maximum atomic E-state index is 13.3. The molecule has 182 valence electrons. The molecule has 4 N–H and O–H groups in total. The maximum Gasteiger partial charge on any atom is 0.252 e. The van der Waals surface area contributed by atoms with Crippen LogP contribution in [0.4, 0.5) is 0 Å². The molecule has 0 radical (unpaired) electrons. The Labute approximate surface area is 196 Å². The molecule has 0 fully saturated rings. The third kappa shape index (κ3) is 4.34. The van der Waals surface area contributed by atoms with Crippen molar-refractivity contribution in [3.05, 3.63) is 35.4 Å². The molecule has 2 aromatic carbocycles. The molecule has 0 saturated heterocycles. The van der Waals surface area contributed by atoms with E-state index < -0.39 is 22.9 Å². The van der Waals surface area contributed by atoms with Crippen LogP contribution in [0.5, 0.6) is 23.0 Å². The molecule has 10 nitrogen and oxygen atoms in total. The predicted octanol–water partition coefficient (Wildman–Crippen LogP) is 1.81. The zero-order valence-electron chi connectivity index (χ0n) is 19.5. The second-order valence-corrected chi connectivity index (χ2v) is 9.44. The van der Waals surface area contributed by atoms with Crippen molar-refractivity contribution in [1.82, 2.24) is 10.6 Å². The molecule has 0 unspecified atom stereocenters. The lowest BCUT2D eigenvalue weighted by Crippen LogP contribution is -2.46. The predicted molar refractivity (Wildman–Crippen MR) is 121 cm³/mol. The minimum atomic E-state index is -0.895. The number of aliphatic hydroxyl groups is 2. The van der Waals surface area contributed by atoms with Crippen LogP contribution in [0.1, 0.15) is 48.4 Å². The highest BCUT2D eigenvalue weighted by Crippen LogP contribution is 2.51. The van der Waals surface area contributed by atoms with Crippen LogP contribution in [-0.2, 0) is 0 Å². The Balaban J connectivity index is 1.94. The highest BCUT2D eigenvalue weighted by Gasteiger charge is 2.35. The van der Waals surface area contributed by atoms with Gasteiger partial charge in [0.05, 0.1) is 35.4 Å². The molecule has 0 aromatic heterocycles. The van der Waals surface area contributed by atoms with Gasteiger partial charge in [0.2, 0.25) is 13.6 Å². The number of hydrogen-bond acceptors (Lipinski definition) is 8. The standard InChI is InChI=1S/C24H28N2O8/c1-23(2,9-27)25-21(29)13-5-7-15-19(33-11-31-15)17(13)18-14(22(30)26-24(3,4)10-28)6-8-16-20(18)34-12-32-16/h5-8,27-28H,9-12H2,1-4H3,(H,25,29)(H,26,30). The third-order valence-electron chi connectivity index (χ3n) is 5.51. The number of fused-ring (bicyclic) bond motifs is 2. The molecule has 0 aliphatic carbocycles. The van der Waals surface area contributed by atoms with Crippen LogP contribution in [-0.4, -0.2) is 59.9 Å². The van der Waals surface area contributed by atoms with Crippen LogP contribution >= 0.6 is 0 Å². The van der Waals surface area contributed by atoms with Gasteiger partial charge in [-0.05, 0) is 52.0 Å². The smallest absolute Gasteiger partial charge is 0.252 e. The van der Waals surface area contributed by atoms with E-state index in [-0.39, 0.29) is 49.4 Å². The SMILES string of the molecule is CC(C)(CO)NC(=O)c1ccc2c(c1-c1c(C(=O)NC(C)(C)CO)ccc3c1OCO3)OCO2. The molecule has 2 aliphatic heterocycles. The fraction of sp³-hybridized carbons (Fsp3) is 0.417. The first kappa shape index (κ1) is 23.7. The zero-order chi connectivity index (χ0) is 24.7. The summed E-state index contributed by atoms with van der Waals surface area (Å²) in [6, 6.07) is 6.37. The van der Waals surface area contributed by atoms with Crippen molar-refractivity contribution >= 4 is 11.8 Å². The Hall–Kier alpha value is -3.50. The van der Waals surface area contributed by atoms with Gasteiger partial charge in [-0.2, -0.15) is 0 Å². The molecule has 4 rings (SSSR count). The fourth-order valence-electron chi connectivity index (χ4n) is 3.65. The second-order valence-electron chi connectivity index (χ2n) is 9.44. The monoisotopic (exact) mass is 472 g/mol. The number of hydrogen-bond donors (Lipinski definition) is 4. The van der Waals surface area contributed by atoms with E-state index in [0.717, 1.165) is 0 Å². The van der Waals surface area contributed by atoms with Crippen LogP contribution in [0.3, 0.4) is 0 Å². The van der Waals surface area contributed by atoms with Crippen molar-refractivity contribution in [3.63, 3.8) is 0 Å². The maximum absolute atomic E-state index is 13.3. The third-order valence-corrected chi connectivity index (χ3v) is 5.51. The number of aliphatic hydroxyl groups excluding tert-OH is 2. The van der Waals surface area contributed by atoms with Gasteiger partial charge in [0, 0.05) is 11.1 Å². The molecule has 0 saturated carbocycles. The van der Waals surface area contributed by atoms with Crippen molar-refractivity contribution in [2.75, 3.05) is 26.8 Å². The van der Waals surface area contributed by atoms with Gasteiger partial charge in [0.1, 0.15) is 0 Å². The number of carbonyl (C=O) groups excluding carboxylic acids is 2. The first-order chi connectivity index (χ1) is 16.1. The Morgan fingerprint density at radius 3 is 1.47 bits per heavy atom. The average molecular weight is 472 g/mol. The van der Waals surface area contributed by atoms with Crippen LogP contribution < -0.4 is 29.6 Å². The molecule has 2 aliphatic rings. The summed E-state index contributed by atoms with van der Waals surface area (Å²) in [5, 5.41) is 24.9. The van der Waals surface area contributed by atoms with Crippen molar-refractivity contribution in [2.24, 2.45) is 0 Å². The lowest BCUT2D eigenvalue weighted by Gasteiger charge is -2.26. The number of benzene rings is 2. The van der Waals surface area contributed by atoms with E-state index in [9.17, 15) is 19.8 Å². The van der Waals surface area contributed by atoms with E-state index in [2.05, 4.69) is 10.6 Å². The number of nitrogens with one attached hydrogen (secondary N) is 2. The van der Waals surface area contributed by atoms with Crippen LogP contribution in [0.15, 0.2) is 24.3 Å². The number of amides is 2. The molecule has 0 atom stereocenters. The Bertz CT molecular complexity index is 1050. The van der Waals surface area contributed by atoms with Gasteiger partial charge in [0.25, 0.3) is 11.8 Å². The molecular weight excluding hydrogens is 444 g/mol. The summed E-state index contributed by atoms with van der Waals surface area (Å²) >= 11 is 0. The Morgan fingerprint density at radius 2 is 1.12 bits per heavy atom. The van der Waals surface area contributed by atoms with Crippen LogP contribution in [0.2, 0.25) is 0 Å². The normalized spacial score (nSPS) is 14.2. The fourth-order valence-corrected chi connectivity index (χ4v) is 3.65. The second kappa shape index (κ2) is 8.69. The number of carbonyl (C=O) groups is 2. The molecule has 0 spiro atoms. The summed E-state index contributed by atoms with van der Waals surface area (Å²) in [4.78, 5) is 26.7. The lowest BCUT2D eigenvalue weighted by molar-refractivity contribution is 0.0860. The highest BCUT2D eigenvalue weighted by atomic mass is 16.7. The molecule has 2 amide bonds. The quantitative estimate of drug-likeness (QED) is 0.479. The highest BCUT2D eigenvalue weighted by molar-refractivity contribution is 6.10. The summed E-state index contributed by atoms with van der Waals surface area (Å²) in [7, 11) is 0. The summed E-state index contributed by atoms with van der Waals surface area (Å²) in [5.74, 6) is 0.428. The van der Waals surface area contributed by atoms with E-state index in [4.69, 9.17) is 18.9 Å². The zero-order valence-corrected chi connectivity index (χ0v) is 19.5.